The fraction of sp³-hybridized carbons (Fsp3) is 0.611. The minimum Gasteiger partial charge on any atom is -0.405 e. The van der Waals surface area contributed by atoms with Gasteiger partial charge in [0.15, 0.2) is 9.84 Å². The van der Waals surface area contributed by atoms with Gasteiger partial charge in [0.2, 0.25) is 0 Å². The molecule has 0 unspecified atom stereocenters. The van der Waals surface area contributed by atoms with Crippen LogP contribution in [0.4, 0.5) is 13.2 Å². The number of hydrogen-bond acceptors (Lipinski definition) is 6. The van der Waals surface area contributed by atoms with Crippen molar-refractivity contribution in [1.29, 1.82) is 0 Å². The van der Waals surface area contributed by atoms with Gasteiger partial charge < -0.3 is 18.9 Å². The lowest BCUT2D eigenvalue weighted by Crippen LogP contribution is -2.44. The van der Waals surface area contributed by atoms with Gasteiger partial charge in [0, 0.05) is 13.1 Å². The molecule has 2 fully saturated rings. The summed E-state index contributed by atoms with van der Waals surface area (Å²) in [5.74, 6) is -1.89. The summed E-state index contributed by atoms with van der Waals surface area (Å²) in [5, 5.41) is 0. The molecule has 0 N–H and O–H groups in total. The van der Waals surface area contributed by atoms with E-state index in [4.69, 9.17) is 9.31 Å². The molecular formula is C18H23BF3NO6S. The molecule has 166 valence electrons. The van der Waals surface area contributed by atoms with Crippen LogP contribution in [0.2, 0.25) is 0 Å². The zero-order chi connectivity index (χ0) is 22.5. The average molecular weight is 449 g/mol. The van der Waals surface area contributed by atoms with E-state index >= 15 is 0 Å². The summed E-state index contributed by atoms with van der Waals surface area (Å²) in [6, 6.07) is 3.73. The topological polar surface area (TPSA) is 82.1 Å². The maximum Gasteiger partial charge on any atom is 0.573 e. The minimum absolute atomic E-state index is 0.0917. The summed E-state index contributed by atoms with van der Waals surface area (Å²) in [6.45, 7) is 7.05. The number of carbonyl (C=O) groups is 1. The molecule has 0 saturated carbocycles. The lowest BCUT2D eigenvalue weighted by molar-refractivity contribution is -0.274. The number of alkyl halides is 3. The van der Waals surface area contributed by atoms with Crippen LogP contribution in [0.1, 0.15) is 38.1 Å². The molecule has 2 aliphatic rings. The molecule has 0 spiro atoms. The smallest absolute Gasteiger partial charge is 0.405 e. The molecule has 3 rings (SSSR count). The van der Waals surface area contributed by atoms with Crippen LogP contribution in [0.25, 0.3) is 0 Å². The van der Waals surface area contributed by atoms with E-state index in [9.17, 15) is 26.4 Å². The van der Waals surface area contributed by atoms with Gasteiger partial charge in [-0.05, 0) is 45.3 Å². The van der Waals surface area contributed by atoms with Crippen molar-refractivity contribution in [3.8, 4) is 5.75 Å². The molecule has 0 radical (unpaired) electrons. The number of halogens is 3. The molecule has 2 heterocycles. The predicted molar refractivity (Wildman–Crippen MR) is 103 cm³/mol. The largest absolute Gasteiger partial charge is 0.573 e. The number of carbonyl (C=O) groups excluding carboxylic acids is 1. The Balaban J connectivity index is 1.92. The van der Waals surface area contributed by atoms with Crippen LogP contribution in [0.15, 0.2) is 18.2 Å². The van der Waals surface area contributed by atoms with Crippen LogP contribution in [0.5, 0.6) is 5.75 Å². The van der Waals surface area contributed by atoms with Gasteiger partial charge in [-0.15, -0.1) is 13.2 Å². The van der Waals surface area contributed by atoms with Crippen molar-refractivity contribution in [2.75, 3.05) is 24.6 Å². The Hall–Kier alpha value is -1.79. The second kappa shape index (κ2) is 7.42. The highest BCUT2D eigenvalue weighted by atomic mass is 32.2. The Labute approximate surface area is 173 Å². The first-order valence-corrected chi connectivity index (χ1v) is 11.2. The van der Waals surface area contributed by atoms with Gasteiger partial charge in [-0.3, -0.25) is 4.79 Å². The molecule has 0 atom stereocenters. The van der Waals surface area contributed by atoms with E-state index in [0.29, 0.717) is 0 Å². The van der Waals surface area contributed by atoms with E-state index in [0.717, 1.165) is 6.07 Å². The highest BCUT2D eigenvalue weighted by Gasteiger charge is 2.52. The third-order valence-corrected chi connectivity index (χ3v) is 7.23. The molecule has 0 aromatic heterocycles. The lowest BCUT2D eigenvalue weighted by Gasteiger charge is -2.32. The standard InChI is InChI=1S/C18H23BF3NO6S/c1-16(2)17(3,4)29-19(28-16)12-5-6-13(14(11-12)27-18(20,21)22)15(24)23-7-9-30(25,26)10-8-23/h5-6,11H,7-10H2,1-4H3. The van der Waals surface area contributed by atoms with Crippen LogP contribution in [0, 0.1) is 0 Å². The van der Waals surface area contributed by atoms with Crippen molar-refractivity contribution in [1.82, 2.24) is 4.90 Å². The van der Waals surface area contributed by atoms with E-state index in [1.165, 1.54) is 17.0 Å². The van der Waals surface area contributed by atoms with Crippen molar-refractivity contribution in [3.63, 3.8) is 0 Å². The number of nitrogens with zero attached hydrogens (tertiary/aromatic N) is 1. The van der Waals surface area contributed by atoms with Crippen molar-refractivity contribution in [3.05, 3.63) is 23.8 Å². The normalized spacial score (nSPS) is 22.8. The third-order valence-electron chi connectivity index (χ3n) is 5.62. The van der Waals surface area contributed by atoms with Crippen molar-refractivity contribution >= 4 is 28.3 Å². The summed E-state index contributed by atoms with van der Waals surface area (Å²) < 4.78 is 77.9. The van der Waals surface area contributed by atoms with Crippen LogP contribution in [-0.4, -0.2) is 68.5 Å². The highest BCUT2D eigenvalue weighted by molar-refractivity contribution is 7.91. The van der Waals surface area contributed by atoms with Crippen LogP contribution >= 0.6 is 0 Å². The Morgan fingerprint density at radius 1 is 1.10 bits per heavy atom. The summed E-state index contributed by atoms with van der Waals surface area (Å²) in [4.78, 5) is 14.0. The molecule has 1 aromatic carbocycles. The van der Waals surface area contributed by atoms with Crippen molar-refractivity contribution in [2.45, 2.75) is 45.3 Å². The number of rotatable bonds is 3. The SMILES string of the molecule is CC1(C)OB(c2ccc(C(=O)N3CCS(=O)(=O)CC3)c(OC(F)(F)F)c2)OC1(C)C. The first-order chi connectivity index (χ1) is 13.6. The zero-order valence-electron chi connectivity index (χ0n) is 17.1. The lowest BCUT2D eigenvalue weighted by atomic mass is 9.78. The minimum atomic E-state index is -5.02. The van der Waals surface area contributed by atoms with E-state index in [2.05, 4.69) is 4.74 Å². The van der Waals surface area contributed by atoms with E-state index < -0.39 is 46.2 Å². The van der Waals surface area contributed by atoms with Gasteiger partial charge in [0.1, 0.15) is 5.75 Å². The molecule has 0 bridgehead atoms. The number of hydrogen-bond donors (Lipinski definition) is 0. The first kappa shape index (κ1) is 22.9. The van der Waals surface area contributed by atoms with Gasteiger partial charge in [-0.1, -0.05) is 6.07 Å². The molecule has 2 saturated heterocycles. The van der Waals surface area contributed by atoms with Gasteiger partial charge in [0.25, 0.3) is 5.91 Å². The first-order valence-electron chi connectivity index (χ1n) is 9.35. The molecule has 0 aliphatic carbocycles. The third kappa shape index (κ3) is 4.75. The maximum absolute atomic E-state index is 13.0. The Kier molecular flexibility index (Phi) is 5.66. The highest BCUT2D eigenvalue weighted by Crippen LogP contribution is 2.37. The van der Waals surface area contributed by atoms with E-state index in [1.807, 2.05) is 27.7 Å². The van der Waals surface area contributed by atoms with Crippen LogP contribution in [0.3, 0.4) is 0 Å². The van der Waals surface area contributed by atoms with Gasteiger partial charge in [-0.2, -0.15) is 0 Å². The number of ether oxygens (including phenoxy) is 1. The second-order valence-corrected chi connectivity index (χ2v) is 10.6. The Morgan fingerprint density at radius 2 is 1.63 bits per heavy atom. The van der Waals surface area contributed by atoms with Gasteiger partial charge >= 0.3 is 13.5 Å². The second-order valence-electron chi connectivity index (χ2n) is 8.34. The molecule has 1 amide bonds. The summed E-state index contributed by atoms with van der Waals surface area (Å²) >= 11 is 0. The predicted octanol–water partition coefficient (Wildman–Crippen LogP) is 1.75. The van der Waals surface area contributed by atoms with Gasteiger partial charge in [-0.25, -0.2) is 8.42 Å². The summed E-state index contributed by atoms with van der Waals surface area (Å²) in [6.07, 6.45) is -5.02. The monoisotopic (exact) mass is 449 g/mol. The van der Waals surface area contributed by atoms with Crippen molar-refractivity contribution < 1.29 is 40.4 Å². The number of sulfone groups is 1. The average Bonchev–Trinajstić information content (AvgIpc) is 2.80. The van der Waals surface area contributed by atoms with E-state index in [-0.39, 0.29) is 35.6 Å². The quantitative estimate of drug-likeness (QED) is 0.655. The molecule has 2 aliphatic heterocycles. The van der Waals surface area contributed by atoms with Gasteiger partial charge in [0.05, 0.1) is 28.3 Å². The molecule has 7 nitrogen and oxygen atoms in total. The van der Waals surface area contributed by atoms with E-state index in [1.54, 1.807) is 0 Å². The fourth-order valence-corrected chi connectivity index (χ4v) is 4.34. The van der Waals surface area contributed by atoms with Crippen LogP contribution in [-0.2, 0) is 19.1 Å². The Bertz CT molecular complexity index is 918. The summed E-state index contributed by atoms with van der Waals surface area (Å²) in [5.41, 5.74) is -1.44. The molecular weight excluding hydrogens is 426 g/mol. The Morgan fingerprint density at radius 3 is 2.13 bits per heavy atom. The molecule has 1 aromatic rings. The zero-order valence-corrected chi connectivity index (χ0v) is 17.9. The fourth-order valence-electron chi connectivity index (χ4n) is 3.14. The summed E-state index contributed by atoms with van der Waals surface area (Å²) in [7, 11) is -4.18. The van der Waals surface area contributed by atoms with Crippen molar-refractivity contribution in [2.24, 2.45) is 0 Å². The number of benzene rings is 1. The molecule has 30 heavy (non-hydrogen) atoms. The van der Waals surface area contributed by atoms with Crippen LogP contribution < -0.4 is 10.2 Å². The molecule has 12 heteroatoms. The number of amides is 1. The maximum atomic E-state index is 13.0.